The van der Waals surface area contributed by atoms with Gasteiger partial charge < -0.3 is 15.0 Å². The molecule has 4 nitrogen and oxygen atoms in total. The van der Waals surface area contributed by atoms with E-state index in [1.165, 1.54) is 25.8 Å². The monoisotopic (exact) mass is 318 g/mol. The molecule has 0 saturated carbocycles. The highest BCUT2D eigenvalue weighted by molar-refractivity contribution is 5.78. The molecule has 1 aliphatic rings. The van der Waals surface area contributed by atoms with Crippen LogP contribution >= 0.6 is 0 Å². The van der Waals surface area contributed by atoms with Gasteiger partial charge in [0.15, 0.2) is 0 Å². The Kier molecular flexibility index (Phi) is 7.40. The van der Waals surface area contributed by atoms with E-state index in [4.69, 9.17) is 4.74 Å². The Bertz CT molecular complexity index is 473. The number of hydrogen-bond acceptors (Lipinski definition) is 3. The molecule has 1 amide bonds. The van der Waals surface area contributed by atoms with E-state index in [2.05, 4.69) is 17.1 Å². The Balaban J connectivity index is 1.62. The van der Waals surface area contributed by atoms with Gasteiger partial charge in [0, 0.05) is 19.1 Å². The summed E-state index contributed by atoms with van der Waals surface area (Å²) in [5.74, 6) is 0.952. The van der Waals surface area contributed by atoms with E-state index in [0.717, 1.165) is 30.8 Å². The molecule has 0 aromatic heterocycles. The Morgan fingerprint density at radius 2 is 2.09 bits per heavy atom. The van der Waals surface area contributed by atoms with Gasteiger partial charge in [0.25, 0.3) is 0 Å². The van der Waals surface area contributed by atoms with Gasteiger partial charge >= 0.3 is 0 Å². The van der Waals surface area contributed by atoms with E-state index < -0.39 is 0 Å². The highest BCUT2D eigenvalue weighted by Gasteiger charge is 2.17. The molecule has 23 heavy (non-hydrogen) atoms. The summed E-state index contributed by atoms with van der Waals surface area (Å²) in [4.78, 5) is 14.5. The van der Waals surface area contributed by atoms with Crippen LogP contribution in [0.2, 0.25) is 0 Å². The molecule has 1 saturated heterocycles. The highest BCUT2D eigenvalue weighted by atomic mass is 16.5. The number of rotatable bonds is 8. The first-order valence-corrected chi connectivity index (χ1v) is 8.91. The van der Waals surface area contributed by atoms with Crippen LogP contribution in [0.15, 0.2) is 24.3 Å². The van der Waals surface area contributed by atoms with Crippen LogP contribution in [0.25, 0.3) is 0 Å². The van der Waals surface area contributed by atoms with Gasteiger partial charge in [-0.05, 0) is 57.4 Å². The maximum Gasteiger partial charge on any atom is 0.224 e. The average molecular weight is 318 g/mol. The third kappa shape index (κ3) is 6.22. The molecule has 1 aromatic rings. The number of benzene rings is 1. The summed E-state index contributed by atoms with van der Waals surface area (Å²) in [6.45, 7) is 8.00. The van der Waals surface area contributed by atoms with Crippen molar-refractivity contribution in [2.75, 3.05) is 26.2 Å². The maximum atomic E-state index is 12.0. The molecule has 2 rings (SSSR count). The van der Waals surface area contributed by atoms with Crippen molar-refractivity contribution < 1.29 is 9.53 Å². The molecule has 128 valence electrons. The zero-order chi connectivity index (χ0) is 16.5. The molecule has 1 fully saturated rings. The summed E-state index contributed by atoms with van der Waals surface area (Å²) in [5, 5.41) is 3.03. The lowest BCUT2D eigenvalue weighted by molar-refractivity contribution is -0.120. The second kappa shape index (κ2) is 9.56. The van der Waals surface area contributed by atoms with Crippen LogP contribution < -0.4 is 10.1 Å². The fraction of sp³-hybridized carbons (Fsp3) is 0.632. The SMILES string of the molecule is CCOc1ccc(CC(=O)NCCCN2CCCCC2C)cc1. The maximum absolute atomic E-state index is 12.0. The van der Waals surface area contributed by atoms with E-state index in [0.29, 0.717) is 19.1 Å². The third-order valence-electron chi connectivity index (χ3n) is 4.48. The minimum absolute atomic E-state index is 0.0980. The first kappa shape index (κ1) is 17.8. The van der Waals surface area contributed by atoms with E-state index in [9.17, 15) is 4.79 Å². The van der Waals surface area contributed by atoms with Crippen molar-refractivity contribution >= 4 is 5.91 Å². The Hall–Kier alpha value is -1.55. The van der Waals surface area contributed by atoms with E-state index in [-0.39, 0.29) is 5.91 Å². The Morgan fingerprint density at radius 3 is 2.78 bits per heavy atom. The third-order valence-corrected chi connectivity index (χ3v) is 4.48. The van der Waals surface area contributed by atoms with Crippen LogP contribution in [0, 0.1) is 0 Å². The van der Waals surface area contributed by atoms with Gasteiger partial charge in [0.1, 0.15) is 5.75 Å². The number of nitrogens with one attached hydrogen (secondary N) is 1. The topological polar surface area (TPSA) is 41.6 Å². The van der Waals surface area contributed by atoms with Gasteiger partial charge in [0.05, 0.1) is 13.0 Å². The zero-order valence-corrected chi connectivity index (χ0v) is 14.5. The first-order valence-electron chi connectivity index (χ1n) is 8.91. The molecule has 1 aliphatic heterocycles. The molecule has 0 radical (unpaired) electrons. The lowest BCUT2D eigenvalue weighted by Gasteiger charge is -2.33. The highest BCUT2D eigenvalue weighted by Crippen LogP contribution is 2.16. The second-order valence-corrected chi connectivity index (χ2v) is 6.34. The number of piperidine rings is 1. The molecule has 4 heteroatoms. The molecule has 1 unspecified atom stereocenters. The van der Waals surface area contributed by atoms with Crippen LogP contribution in [0.4, 0.5) is 0 Å². The van der Waals surface area contributed by atoms with Gasteiger partial charge in [-0.15, -0.1) is 0 Å². The van der Waals surface area contributed by atoms with Gasteiger partial charge in [-0.3, -0.25) is 4.79 Å². The number of amides is 1. The fourth-order valence-electron chi connectivity index (χ4n) is 3.12. The van der Waals surface area contributed by atoms with E-state index in [1.807, 2.05) is 31.2 Å². The molecule has 1 atom stereocenters. The molecule has 0 bridgehead atoms. The smallest absolute Gasteiger partial charge is 0.224 e. The van der Waals surface area contributed by atoms with Crippen LogP contribution in [0.5, 0.6) is 5.75 Å². The molecule has 0 spiro atoms. The van der Waals surface area contributed by atoms with Crippen molar-refractivity contribution in [3.63, 3.8) is 0 Å². The number of hydrogen-bond donors (Lipinski definition) is 1. The largest absolute Gasteiger partial charge is 0.494 e. The summed E-state index contributed by atoms with van der Waals surface area (Å²) in [5.41, 5.74) is 1.02. The quantitative estimate of drug-likeness (QED) is 0.749. The lowest BCUT2D eigenvalue weighted by Crippen LogP contribution is -2.39. The van der Waals surface area contributed by atoms with Crippen molar-refractivity contribution in [1.82, 2.24) is 10.2 Å². The molecular weight excluding hydrogens is 288 g/mol. The van der Waals surface area contributed by atoms with E-state index >= 15 is 0 Å². The van der Waals surface area contributed by atoms with Gasteiger partial charge in [-0.25, -0.2) is 0 Å². The minimum Gasteiger partial charge on any atom is -0.494 e. The fourth-order valence-corrected chi connectivity index (χ4v) is 3.12. The first-order chi connectivity index (χ1) is 11.2. The number of carbonyl (C=O) groups is 1. The van der Waals surface area contributed by atoms with Crippen molar-refractivity contribution in [2.45, 2.75) is 52.0 Å². The van der Waals surface area contributed by atoms with Gasteiger partial charge in [0.2, 0.25) is 5.91 Å². The number of likely N-dealkylation sites (tertiary alicyclic amines) is 1. The van der Waals surface area contributed by atoms with Crippen molar-refractivity contribution in [2.24, 2.45) is 0 Å². The summed E-state index contributed by atoms with van der Waals surface area (Å²) >= 11 is 0. The van der Waals surface area contributed by atoms with Crippen molar-refractivity contribution in [1.29, 1.82) is 0 Å². The number of carbonyl (C=O) groups excluding carboxylic acids is 1. The summed E-state index contributed by atoms with van der Waals surface area (Å²) < 4.78 is 5.41. The number of nitrogens with zero attached hydrogens (tertiary/aromatic N) is 1. The molecular formula is C19H30N2O2. The Morgan fingerprint density at radius 1 is 1.30 bits per heavy atom. The molecule has 1 heterocycles. The summed E-state index contributed by atoms with van der Waals surface area (Å²) in [7, 11) is 0. The van der Waals surface area contributed by atoms with Gasteiger partial charge in [-0.2, -0.15) is 0 Å². The molecule has 1 aromatic carbocycles. The lowest BCUT2D eigenvalue weighted by atomic mass is 10.0. The van der Waals surface area contributed by atoms with Crippen molar-refractivity contribution in [3.8, 4) is 5.75 Å². The predicted octanol–water partition coefficient (Wildman–Crippen LogP) is 3.01. The normalized spacial score (nSPS) is 18.6. The van der Waals surface area contributed by atoms with Crippen LogP contribution in [-0.4, -0.2) is 43.1 Å². The van der Waals surface area contributed by atoms with E-state index in [1.54, 1.807) is 0 Å². The predicted molar refractivity (Wildman–Crippen MR) is 93.8 cm³/mol. The van der Waals surface area contributed by atoms with Crippen LogP contribution in [-0.2, 0) is 11.2 Å². The number of ether oxygens (including phenoxy) is 1. The molecule has 1 N–H and O–H groups in total. The molecule has 0 aliphatic carbocycles. The van der Waals surface area contributed by atoms with Crippen LogP contribution in [0.1, 0.15) is 45.1 Å². The average Bonchev–Trinajstić information content (AvgIpc) is 2.55. The summed E-state index contributed by atoms with van der Waals surface area (Å²) in [6, 6.07) is 8.46. The zero-order valence-electron chi connectivity index (χ0n) is 14.5. The summed E-state index contributed by atoms with van der Waals surface area (Å²) in [6.07, 6.45) is 5.45. The van der Waals surface area contributed by atoms with Crippen molar-refractivity contribution in [3.05, 3.63) is 29.8 Å². The Labute approximate surface area is 140 Å². The van der Waals surface area contributed by atoms with Gasteiger partial charge in [-0.1, -0.05) is 18.6 Å². The minimum atomic E-state index is 0.0980. The standard InChI is InChI=1S/C19H30N2O2/c1-3-23-18-10-8-17(9-11-18)15-19(22)20-12-6-14-21-13-5-4-7-16(21)2/h8-11,16H,3-7,12-15H2,1-2H3,(H,20,22). The van der Waals surface area contributed by atoms with Crippen LogP contribution in [0.3, 0.4) is 0 Å². The second-order valence-electron chi connectivity index (χ2n) is 6.34.